The lowest BCUT2D eigenvalue weighted by Crippen LogP contribution is -2.26. The van der Waals surface area contributed by atoms with Gasteiger partial charge < -0.3 is 10.1 Å². The van der Waals surface area contributed by atoms with E-state index in [9.17, 15) is 13.2 Å². The lowest BCUT2D eigenvalue weighted by atomic mass is 10.1. The fraction of sp³-hybridized carbons (Fsp3) is 0.316. The number of sulfonamides is 1. The van der Waals surface area contributed by atoms with E-state index < -0.39 is 10.0 Å². The van der Waals surface area contributed by atoms with Gasteiger partial charge >= 0.3 is 0 Å². The Hall–Kier alpha value is -2.54. The van der Waals surface area contributed by atoms with Gasteiger partial charge in [-0.25, -0.2) is 8.42 Å². The fourth-order valence-electron chi connectivity index (χ4n) is 3.00. The van der Waals surface area contributed by atoms with Gasteiger partial charge in [-0.05, 0) is 48.7 Å². The zero-order chi connectivity index (χ0) is 18.7. The normalized spacial score (nSPS) is 15.7. The quantitative estimate of drug-likeness (QED) is 0.873. The third-order valence-corrected chi connectivity index (χ3v) is 6.24. The van der Waals surface area contributed by atoms with Gasteiger partial charge in [0.1, 0.15) is 5.75 Å². The Kier molecular flexibility index (Phi) is 5.18. The van der Waals surface area contributed by atoms with Gasteiger partial charge in [0, 0.05) is 12.2 Å². The minimum absolute atomic E-state index is 0.158. The van der Waals surface area contributed by atoms with Crippen molar-refractivity contribution in [2.45, 2.75) is 19.8 Å². The Bertz CT molecular complexity index is 908. The molecule has 1 saturated heterocycles. The van der Waals surface area contributed by atoms with Crippen LogP contribution in [-0.2, 0) is 21.2 Å². The first-order valence-corrected chi connectivity index (χ1v) is 10.0. The SMILES string of the molecule is COc1ccc(CC(=O)Nc2ccc(C)c(N3CCCS3(=O)=O)c2)cc1. The van der Waals surface area contributed by atoms with Crippen LogP contribution in [0.25, 0.3) is 0 Å². The number of benzene rings is 2. The van der Waals surface area contributed by atoms with Crippen LogP contribution in [0.2, 0.25) is 0 Å². The summed E-state index contributed by atoms with van der Waals surface area (Å²) in [6.45, 7) is 2.35. The maximum Gasteiger partial charge on any atom is 0.235 e. The monoisotopic (exact) mass is 374 g/mol. The highest BCUT2D eigenvalue weighted by Gasteiger charge is 2.29. The second kappa shape index (κ2) is 7.37. The molecular formula is C19H22N2O4S. The Morgan fingerprint density at radius 1 is 1.19 bits per heavy atom. The number of anilines is 2. The van der Waals surface area contributed by atoms with Gasteiger partial charge in [-0.3, -0.25) is 9.10 Å². The molecule has 0 radical (unpaired) electrons. The molecule has 138 valence electrons. The summed E-state index contributed by atoms with van der Waals surface area (Å²) in [7, 11) is -1.66. The molecule has 0 bridgehead atoms. The number of nitrogens with zero attached hydrogens (tertiary/aromatic N) is 1. The van der Waals surface area contributed by atoms with E-state index in [1.807, 2.05) is 37.3 Å². The molecule has 0 unspecified atom stereocenters. The molecule has 0 aromatic heterocycles. The number of ether oxygens (including phenoxy) is 1. The predicted octanol–water partition coefficient (Wildman–Crippen LogP) is 2.72. The molecule has 0 aliphatic carbocycles. The molecule has 0 atom stereocenters. The molecule has 1 aliphatic heterocycles. The molecule has 1 aliphatic rings. The van der Waals surface area contributed by atoms with Crippen LogP contribution in [0.3, 0.4) is 0 Å². The summed E-state index contributed by atoms with van der Waals surface area (Å²) in [4.78, 5) is 12.3. The largest absolute Gasteiger partial charge is 0.497 e. The van der Waals surface area contributed by atoms with Gasteiger partial charge in [-0.2, -0.15) is 0 Å². The first-order valence-electron chi connectivity index (χ1n) is 8.43. The second-order valence-electron chi connectivity index (χ2n) is 6.32. The smallest absolute Gasteiger partial charge is 0.235 e. The zero-order valence-electron chi connectivity index (χ0n) is 14.9. The van der Waals surface area contributed by atoms with Crippen molar-refractivity contribution in [3.05, 3.63) is 53.6 Å². The van der Waals surface area contributed by atoms with Crippen LogP contribution < -0.4 is 14.4 Å². The summed E-state index contributed by atoms with van der Waals surface area (Å²) >= 11 is 0. The average molecular weight is 374 g/mol. The Balaban J connectivity index is 1.73. The van der Waals surface area contributed by atoms with Crippen LogP contribution in [0.15, 0.2) is 42.5 Å². The van der Waals surface area contributed by atoms with E-state index in [1.54, 1.807) is 19.2 Å². The number of hydrogen-bond acceptors (Lipinski definition) is 4. The Labute approximate surface area is 153 Å². The minimum Gasteiger partial charge on any atom is -0.497 e. The van der Waals surface area contributed by atoms with Crippen LogP contribution in [0.5, 0.6) is 5.75 Å². The number of carbonyl (C=O) groups excluding carboxylic acids is 1. The summed E-state index contributed by atoms with van der Waals surface area (Å²) in [6.07, 6.45) is 0.852. The Morgan fingerprint density at radius 2 is 1.92 bits per heavy atom. The summed E-state index contributed by atoms with van der Waals surface area (Å²) < 4.78 is 30.9. The third-order valence-electron chi connectivity index (χ3n) is 4.38. The summed E-state index contributed by atoms with van der Waals surface area (Å²) in [5.74, 6) is 0.749. The number of methoxy groups -OCH3 is 1. The number of aryl methyl sites for hydroxylation is 1. The van der Waals surface area contributed by atoms with E-state index in [2.05, 4.69) is 5.32 Å². The van der Waals surface area contributed by atoms with Crippen LogP contribution >= 0.6 is 0 Å². The first kappa shape index (κ1) is 18.3. The van der Waals surface area contributed by atoms with E-state index in [-0.39, 0.29) is 18.1 Å². The molecular weight excluding hydrogens is 352 g/mol. The van der Waals surface area contributed by atoms with Crippen molar-refractivity contribution >= 4 is 27.3 Å². The molecule has 0 spiro atoms. The highest BCUT2D eigenvalue weighted by atomic mass is 32.2. The van der Waals surface area contributed by atoms with Crippen LogP contribution in [0.1, 0.15) is 17.5 Å². The Morgan fingerprint density at radius 3 is 2.54 bits per heavy atom. The van der Waals surface area contributed by atoms with Crippen molar-refractivity contribution in [1.29, 1.82) is 0 Å². The fourth-order valence-corrected chi connectivity index (χ4v) is 4.62. The molecule has 2 aromatic carbocycles. The molecule has 2 aromatic rings. The van der Waals surface area contributed by atoms with E-state index in [4.69, 9.17) is 4.74 Å². The van der Waals surface area contributed by atoms with Gasteiger partial charge in [0.05, 0.1) is 25.0 Å². The van der Waals surface area contributed by atoms with Crippen molar-refractivity contribution in [2.75, 3.05) is 29.0 Å². The maximum absolute atomic E-state index is 12.3. The first-order chi connectivity index (χ1) is 12.4. The molecule has 7 heteroatoms. The lowest BCUT2D eigenvalue weighted by molar-refractivity contribution is -0.115. The molecule has 3 rings (SSSR count). The predicted molar refractivity (Wildman–Crippen MR) is 102 cm³/mol. The van der Waals surface area contributed by atoms with Gasteiger partial charge in [0.15, 0.2) is 0 Å². The summed E-state index contributed by atoms with van der Waals surface area (Å²) in [5, 5.41) is 2.85. The van der Waals surface area contributed by atoms with Crippen LogP contribution in [-0.4, -0.2) is 33.7 Å². The molecule has 1 N–H and O–H groups in total. The number of carbonyl (C=O) groups is 1. The molecule has 0 saturated carbocycles. The topological polar surface area (TPSA) is 75.7 Å². The zero-order valence-corrected chi connectivity index (χ0v) is 15.7. The highest BCUT2D eigenvalue weighted by molar-refractivity contribution is 7.93. The summed E-state index contributed by atoms with van der Waals surface area (Å²) in [5.41, 5.74) is 2.96. The summed E-state index contributed by atoms with van der Waals surface area (Å²) in [6, 6.07) is 12.6. The number of amides is 1. The molecule has 26 heavy (non-hydrogen) atoms. The van der Waals surface area contributed by atoms with Crippen molar-refractivity contribution in [2.24, 2.45) is 0 Å². The third kappa shape index (κ3) is 3.99. The van der Waals surface area contributed by atoms with E-state index in [1.165, 1.54) is 4.31 Å². The van der Waals surface area contributed by atoms with E-state index >= 15 is 0 Å². The second-order valence-corrected chi connectivity index (χ2v) is 8.33. The van der Waals surface area contributed by atoms with Crippen LogP contribution in [0, 0.1) is 6.92 Å². The number of rotatable bonds is 5. The molecule has 1 heterocycles. The van der Waals surface area contributed by atoms with E-state index in [0.29, 0.717) is 24.3 Å². The van der Waals surface area contributed by atoms with Crippen molar-refractivity contribution in [3.63, 3.8) is 0 Å². The average Bonchev–Trinajstić information content (AvgIpc) is 2.96. The van der Waals surface area contributed by atoms with Crippen molar-refractivity contribution < 1.29 is 17.9 Å². The maximum atomic E-state index is 12.3. The minimum atomic E-state index is -3.25. The van der Waals surface area contributed by atoms with Gasteiger partial charge in [-0.15, -0.1) is 0 Å². The number of hydrogen-bond donors (Lipinski definition) is 1. The van der Waals surface area contributed by atoms with E-state index in [0.717, 1.165) is 16.9 Å². The molecule has 1 fully saturated rings. The lowest BCUT2D eigenvalue weighted by Gasteiger charge is -2.20. The molecule has 6 nitrogen and oxygen atoms in total. The van der Waals surface area contributed by atoms with Gasteiger partial charge in [0.25, 0.3) is 0 Å². The highest BCUT2D eigenvalue weighted by Crippen LogP contribution is 2.30. The molecule has 1 amide bonds. The van der Waals surface area contributed by atoms with Gasteiger partial charge in [-0.1, -0.05) is 18.2 Å². The van der Waals surface area contributed by atoms with Crippen LogP contribution in [0.4, 0.5) is 11.4 Å². The standard InChI is InChI=1S/C19H22N2O4S/c1-14-4-7-16(13-18(14)21-10-3-11-26(21,23)24)20-19(22)12-15-5-8-17(25-2)9-6-15/h4-9,13H,3,10-12H2,1-2H3,(H,20,22). The number of nitrogens with one attached hydrogen (secondary N) is 1. The van der Waals surface area contributed by atoms with Crippen molar-refractivity contribution in [1.82, 2.24) is 0 Å². The van der Waals surface area contributed by atoms with Gasteiger partial charge in [0.2, 0.25) is 15.9 Å². The van der Waals surface area contributed by atoms with Crippen molar-refractivity contribution in [3.8, 4) is 5.75 Å².